The van der Waals surface area contributed by atoms with Crippen LogP contribution in [0.25, 0.3) is 0 Å². The SMILES string of the molecule is CC.CC.CC1CCC([NH+](C)C)CC1. The van der Waals surface area contributed by atoms with Gasteiger partial charge in [-0.2, -0.15) is 0 Å². The molecule has 0 radical (unpaired) electrons. The summed E-state index contributed by atoms with van der Waals surface area (Å²) < 4.78 is 0. The summed E-state index contributed by atoms with van der Waals surface area (Å²) in [6.07, 6.45) is 5.80. The van der Waals surface area contributed by atoms with Crippen LogP contribution in [-0.2, 0) is 0 Å². The monoisotopic (exact) mass is 202 g/mol. The minimum Gasteiger partial charge on any atom is -0.337 e. The van der Waals surface area contributed by atoms with Crippen LogP contribution in [0, 0.1) is 5.92 Å². The molecule has 0 aliphatic heterocycles. The Morgan fingerprint density at radius 3 is 1.43 bits per heavy atom. The highest BCUT2D eigenvalue weighted by atomic mass is 15.1. The minimum atomic E-state index is 0.955. The summed E-state index contributed by atoms with van der Waals surface area (Å²) in [6.45, 7) is 10.4. The summed E-state index contributed by atoms with van der Waals surface area (Å²) in [4.78, 5) is 1.65. The maximum absolute atomic E-state index is 2.38. The van der Waals surface area contributed by atoms with Gasteiger partial charge in [0.15, 0.2) is 0 Å². The molecule has 1 aliphatic rings. The normalized spacial score (nSPS) is 25.7. The molecule has 1 nitrogen and oxygen atoms in total. The fraction of sp³-hybridized carbons (Fsp3) is 1.00. The first-order chi connectivity index (χ1) is 6.70. The molecule has 1 heteroatoms. The van der Waals surface area contributed by atoms with Gasteiger partial charge < -0.3 is 4.90 Å². The fourth-order valence-corrected chi connectivity index (χ4v) is 1.84. The zero-order chi connectivity index (χ0) is 11.6. The molecule has 0 heterocycles. The Bertz CT molecular complexity index is 91.4. The molecule has 1 rings (SSSR count). The Morgan fingerprint density at radius 1 is 0.786 bits per heavy atom. The topological polar surface area (TPSA) is 4.44 Å². The van der Waals surface area contributed by atoms with Crippen molar-refractivity contribution in [1.82, 2.24) is 0 Å². The smallest absolute Gasteiger partial charge is 0.0870 e. The van der Waals surface area contributed by atoms with Crippen LogP contribution in [0.15, 0.2) is 0 Å². The molecular weight excluding hydrogens is 170 g/mol. The van der Waals surface area contributed by atoms with Crippen molar-refractivity contribution in [1.29, 1.82) is 0 Å². The lowest BCUT2D eigenvalue weighted by atomic mass is 9.87. The maximum atomic E-state index is 2.38. The number of hydrogen-bond donors (Lipinski definition) is 1. The van der Waals surface area contributed by atoms with Gasteiger partial charge in [0.25, 0.3) is 0 Å². The molecule has 1 fully saturated rings. The lowest BCUT2D eigenvalue weighted by Crippen LogP contribution is -3.10. The summed E-state index contributed by atoms with van der Waals surface area (Å²) in [7, 11) is 4.56. The Kier molecular flexibility index (Phi) is 12.9. The van der Waals surface area contributed by atoms with Crippen molar-refractivity contribution in [3.05, 3.63) is 0 Å². The maximum Gasteiger partial charge on any atom is 0.0870 e. The van der Waals surface area contributed by atoms with Crippen molar-refractivity contribution in [3.63, 3.8) is 0 Å². The molecule has 0 aromatic heterocycles. The van der Waals surface area contributed by atoms with Gasteiger partial charge in [-0.1, -0.05) is 34.6 Å². The molecule has 0 unspecified atom stereocenters. The van der Waals surface area contributed by atoms with Crippen LogP contribution in [0.3, 0.4) is 0 Å². The molecule has 0 bridgehead atoms. The van der Waals surface area contributed by atoms with Gasteiger partial charge in [0.1, 0.15) is 0 Å². The molecular formula is C13H32N+. The van der Waals surface area contributed by atoms with Gasteiger partial charge in [-0.25, -0.2) is 0 Å². The third kappa shape index (κ3) is 7.37. The van der Waals surface area contributed by atoms with Crippen LogP contribution < -0.4 is 4.90 Å². The summed E-state index contributed by atoms with van der Waals surface area (Å²) in [5, 5.41) is 0. The third-order valence-electron chi connectivity index (χ3n) is 2.83. The second kappa shape index (κ2) is 11.0. The van der Waals surface area contributed by atoms with E-state index in [9.17, 15) is 0 Å². The van der Waals surface area contributed by atoms with E-state index in [4.69, 9.17) is 0 Å². The predicted molar refractivity (Wildman–Crippen MR) is 66.9 cm³/mol. The van der Waals surface area contributed by atoms with E-state index in [-0.39, 0.29) is 0 Å². The van der Waals surface area contributed by atoms with Crippen molar-refractivity contribution in [2.75, 3.05) is 14.1 Å². The van der Waals surface area contributed by atoms with Crippen LogP contribution >= 0.6 is 0 Å². The molecule has 0 aromatic rings. The van der Waals surface area contributed by atoms with Crippen molar-refractivity contribution in [2.24, 2.45) is 5.92 Å². The van der Waals surface area contributed by atoms with E-state index in [1.54, 1.807) is 4.90 Å². The van der Waals surface area contributed by atoms with Gasteiger partial charge in [-0.15, -0.1) is 0 Å². The highest BCUT2D eigenvalue weighted by Gasteiger charge is 2.21. The first-order valence-corrected chi connectivity index (χ1v) is 6.50. The van der Waals surface area contributed by atoms with Gasteiger partial charge in [0.2, 0.25) is 0 Å². The predicted octanol–water partition coefficient (Wildman–Crippen LogP) is 2.76. The van der Waals surface area contributed by atoms with Gasteiger partial charge in [0, 0.05) is 0 Å². The van der Waals surface area contributed by atoms with Gasteiger partial charge in [-0.3, -0.25) is 0 Å². The first kappa shape index (κ1) is 16.4. The summed E-state index contributed by atoms with van der Waals surface area (Å²) in [6, 6.07) is 0.955. The average Bonchev–Trinajstić information content (AvgIpc) is 2.24. The third-order valence-corrected chi connectivity index (χ3v) is 2.83. The van der Waals surface area contributed by atoms with E-state index < -0.39 is 0 Å². The van der Waals surface area contributed by atoms with Crippen LogP contribution in [-0.4, -0.2) is 20.1 Å². The van der Waals surface area contributed by atoms with Gasteiger partial charge in [-0.05, 0) is 31.6 Å². The van der Waals surface area contributed by atoms with Crippen LogP contribution in [0.1, 0.15) is 60.3 Å². The van der Waals surface area contributed by atoms with E-state index >= 15 is 0 Å². The van der Waals surface area contributed by atoms with Crippen molar-refractivity contribution in [3.8, 4) is 0 Å². The molecule has 0 aromatic carbocycles. The lowest BCUT2D eigenvalue weighted by molar-refractivity contribution is -0.887. The summed E-state index contributed by atoms with van der Waals surface area (Å²) in [5.41, 5.74) is 0. The molecule has 1 N–H and O–H groups in total. The van der Waals surface area contributed by atoms with Gasteiger partial charge in [0.05, 0.1) is 20.1 Å². The lowest BCUT2D eigenvalue weighted by Gasteiger charge is -2.28. The molecule has 0 atom stereocenters. The number of hydrogen-bond acceptors (Lipinski definition) is 0. The quantitative estimate of drug-likeness (QED) is 0.667. The second-order valence-electron chi connectivity index (χ2n) is 4.03. The minimum absolute atomic E-state index is 0.955. The molecule has 1 saturated carbocycles. The van der Waals surface area contributed by atoms with Crippen molar-refractivity contribution < 1.29 is 4.90 Å². The van der Waals surface area contributed by atoms with Crippen LogP contribution in [0.4, 0.5) is 0 Å². The zero-order valence-electron chi connectivity index (χ0n) is 11.5. The largest absolute Gasteiger partial charge is 0.337 e. The summed E-state index contributed by atoms with van der Waals surface area (Å²) >= 11 is 0. The van der Waals surface area contributed by atoms with E-state index in [2.05, 4.69) is 21.0 Å². The van der Waals surface area contributed by atoms with E-state index in [1.807, 2.05) is 27.7 Å². The standard InChI is InChI=1S/C9H19N.2C2H6/c1-8-4-6-9(7-5-8)10(2)3;2*1-2/h8-9H,4-7H2,1-3H3;2*1-2H3/p+1. The van der Waals surface area contributed by atoms with Crippen LogP contribution in [0.2, 0.25) is 0 Å². The second-order valence-corrected chi connectivity index (χ2v) is 4.03. The number of quaternary nitrogens is 1. The zero-order valence-corrected chi connectivity index (χ0v) is 11.5. The fourth-order valence-electron chi connectivity index (χ4n) is 1.84. The Hall–Kier alpha value is -0.0400. The summed E-state index contributed by atoms with van der Waals surface area (Å²) in [5.74, 6) is 0.996. The Morgan fingerprint density at radius 2 is 1.14 bits per heavy atom. The molecule has 88 valence electrons. The number of rotatable bonds is 1. The molecule has 0 saturated heterocycles. The molecule has 0 amide bonds. The molecule has 0 spiro atoms. The van der Waals surface area contributed by atoms with E-state index in [0.29, 0.717) is 0 Å². The first-order valence-electron chi connectivity index (χ1n) is 6.50. The number of nitrogens with one attached hydrogen (secondary N) is 1. The van der Waals surface area contributed by atoms with E-state index in [0.717, 1.165) is 12.0 Å². The average molecular weight is 202 g/mol. The van der Waals surface area contributed by atoms with Crippen LogP contribution in [0.5, 0.6) is 0 Å². The van der Waals surface area contributed by atoms with E-state index in [1.165, 1.54) is 25.7 Å². The van der Waals surface area contributed by atoms with Crippen molar-refractivity contribution in [2.45, 2.75) is 66.3 Å². The van der Waals surface area contributed by atoms with Gasteiger partial charge >= 0.3 is 0 Å². The molecule has 1 aliphatic carbocycles. The highest BCUT2D eigenvalue weighted by molar-refractivity contribution is 4.67. The van der Waals surface area contributed by atoms with Crippen molar-refractivity contribution >= 4 is 0 Å². The highest BCUT2D eigenvalue weighted by Crippen LogP contribution is 2.21. The Balaban J connectivity index is 0. The molecule has 14 heavy (non-hydrogen) atoms. The Labute approximate surface area is 91.9 Å².